The second-order valence-electron chi connectivity index (χ2n) is 4.15. The quantitative estimate of drug-likeness (QED) is 0.869. The Morgan fingerprint density at radius 3 is 2.22 bits per heavy atom. The maximum absolute atomic E-state index is 5.84. The third-order valence-electron chi connectivity index (χ3n) is 2.98. The Hall–Kier alpha value is -1.54. The molecule has 0 saturated carbocycles. The average molecular weight is 261 g/mol. The first kappa shape index (κ1) is 12.9. The maximum Gasteiger partial charge on any atom is 0.130 e. The molecule has 2 nitrogen and oxygen atoms in total. The largest absolute Gasteiger partial charge is 0.340 e. The van der Waals surface area contributed by atoms with Crippen molar-refractivity contribution in [3.05, 3.63) is 52.7 Å². The molecule has 0 aliphatic carbocycles. The minimum absolute atomic E-state index is 0.653. The van der Waals surface area contributed by atoms with Crippen molar-refractivity contribution in [3.8, 4) is 0 Å². The molecule has 0 atom stereocenters. The highest BCUT2D eigenvalue weighted by atomic mass is 35.5. The molecule has 0 bridgehead atoms. The van der Waals surface area contributed by atoms with Gasteiger partial charge in [0.25, 0.3) is 0 Å². The van der Waals surface area contributed by atoms with Crippen LogP contribution < -0.4 is 5.32 Å². The van der Waals surface area contributed by atoms with Gasteiger partial charge in [-0.2, -0.15) is 0 Å². The summed E-state index contributed by atoms with van der Waals surface area (Å²) < 4.78 is 0. The smallest absolute Gasteiger partial charge is 0.130 e. The van der Waals surface area contributed by atoms with Gasteiger partial charge < -0.3 is 5.32 Å². The lowest BCUT2D eigenvalue weighted by Crippen LogP contribution is -2.01. The van der Waals surface area contributed by atoms with Crippen LogP contribution in [0.25, 0.3) is 0 Å². The summed E-state index contributed by atoms with van der Waals surface area (Å²) in [5, 5.41) is 4.05. The third kappa shape index (κ3) is 2.82. The molecular weight excluding hydrogens is 244 g/mol. The fourth-order valence-electron chi connectivity index (χ4n) is 1.98. The molecule has 1 aromatic carbocycles. The number of pyridine rings is 1. The lowest BCUT2D eigenvalue weighted by molar-refractivity contribution is 1.09. The van der Waals surface area contributed by atoms with Gasteiger partial charge >= 0.3 is 0 Å². The van der Waals surface area contributed by atoms with Crippen molar-refractivity contribution < 1.29 is 0 Å². The molecule has 1 aromatic heterocycles. The van der Waals surface area contributed by atoms with Crippen LogP contribution in [0.3, 0.4) is 0 Å². The second kappa shape index (κ2) is 5.87. The Morgan fingerprint density at radius 2 is 1.72 bits per heavy atom. The van der Waals surface area contributed by atoms with E-state index in [1.165, 1.54) is 16.8 Å². The zero-order valence-electron chi connectivity index (χ0n) is 10.7. The zero-order chi connectivity index (χ0) is 13.0. The van der Waals surface area contributed by atoms with Gasteiger partial charge in [-0.15, -0.1) is 0 Å². The molecule has 1 N–H and O–H groups in total. The minimum atomic E-state index is 0.653. The van der Waals surface area contributed by atoms with Crippen LogP contribution in [-0.2, 0) is 12.8 Å². The molecule has 0 spiro atoms. The van der Waals surface area contributed by atoms with E-state index in [2.05, 4.69) is 42.3 Å². The van der Waals surface area contributed by atoms with Crippen LogP contribution in [0.15, 0.2) is 36.5 Å². The Kier molecular flexibility index (Phi) is 4.21. The monoisotopic (exact) mass is 260 g/mol. The first-order valence-electron chi connectivity index (χ1n) is 6.24. The molecular formula is C15H17ClN2. The number of halogens is 1. The number of rotatable bonds is 4. The van der Waals surface area contributed by atoms with E-state index in [0.717, 1.165) is 18.7 Å². The Morgan fingerprint density at radius 1 is 1.06 bits per heavy atom. The van der Waals surface area contributed by atoms with Gasteiger partial charge in [0.1, 0.15) is 5.82 Å². The summed E-state index contributed by atoms with van der Waals surface area (Å²) in [6.07, 6.45) is 3.66. The number of para-hydroxylation sites is 1. The highest BCUT2D eigenvalue weighted by Gasteiger charge is 2.06. The standard InChI is InChI=1S/C15H17ClN2/c1-3-11-6-5-7-12(4-2)15(11)18-14-9-8-13(16)10-17-14/h5-10H,3-4H2,1-2H3,(H,17,18). The summed E-state index contributed by atoms with van der Waals surface area (Å²) in [5.41, 5.74) is 3.80. The number of benzene rings is 1. The molecule has 0 amide bonds. The number of anilines is 2. The molecule has 94 valence electrons. The average Bonchev–Trinajstić information content (AvgIpc) is 2.41. The van der Waals surface area contributed by atoms with Crippen molar-refractivity contribution in [2.24, 2.45) is 0 Å². The third-order valence-corrected chi connectivity index (χ3v) is 3.20. The summed E-state index contributed by atoms with van der Waals surface area (Å²) in [5.74, 6) is 0.829. The highest BCUT2D eigenvalue weighted by molar-refractivity contribution is 6.30. The number of nitrogens with one attached hydrogen (secondary N) is 1. The predicted octanol–water partition coefficient (Wildman–Crippen LogP) is 4.60. The van der Waals surface area contributed by atoms with Gasteiger partial charge in [-0.25, -0.2) is 4.98 Å². The van der Waals surface area contributed by atoms with E-state index < -0.39 is 0 Å². The molecule has 0 radical (unpaired) electrons. The van der Waals surface area contributed by atoms with Crippen molar-refractivity contribution in [1.82, 2.24) is 4.98 Å². The van der Waals surface area contributed by atoms with E-state index in [-0.39, 0.29) is 0 Å². The van der Waals surface area contributed by atoms with Crippen molar-refractivity contribution >= 4 is 23.1 Å². The minimum Gasteiger partial charge on any atom is -0.340 e. The number of hydrogen-bond donors (Lipinski definition) is 1. The van der Waals surface area contributed by atoms with Crippen molar-refractivity contribution in [2.75, 3.05) is 5.32 Å². The molecule has 2 rings (SSSR count). The van der Waals surface area contributed by atoms with Gasteiger partial charge in [-0.05, 0) is 36.1 Å². The summed E-state index contributed by atoms with van der Waals surface area (Å²) in [6, 6.07) is 10.2. The normalized spacial score (nSPS) is 10.4. The summed E-state index contributed by atoms with van der Waals surface area (Å²) in [4.78, 5) is 4.28. The fourth-order valence-corrected chi connectivity index (χ4v) is 2.09. The summed E-state index contributed by atoms with van der Waals surface area (Å²) in [7, 11) is 0. The molecule has 0 aliphatic rings. The van der Waals surface area contributed by atoms with Crippen molar-refractivity contribution in [1.29, 1.82) is 0 Å². The number of aryl methyl sites for hydroxylation is 2. The molecule has 18 heavy (non-hydrogen) atoms. The lowest BCUT2D eigenvalue weighted by Gasteiger charge is -2.14. The fraction of sp³-hybridized carbons (Fsp3) is 0.267. The SMILES string of the molecule is CCc1cccc(CC)c1Nc1ccc(Cl)cn1. The zero-order valence-corrected chi connectivity index (χ0v) is 11.5. The van der Waals surface area contributed by atoms with Gasteiger partial charge in [-0.3, -0.25) is 0 Å². The van der Waals surface area contributed by atoms with Gasteiger partial charge in [0.15, 0.2) is 0 Å². The topological polar surface area (TPSA) is 24.9 Å². The molecule has 2 aromatic rings. The Balaban J connectivity index is 2.35. The number of hydrogen-bond acceptors (Lipinski definition) is 2. The van der Waals surface area contributed by atoms with Crippen LogP contribution in [0.5, 0.6) is 0 Å². The molecule has 0 saturated heterocycles. The summed E-state index contributed by atoms with van der Waals surface area (Å²) >= 11 is 5.84. The number of nitrogens with zero attached hydrogens (tertiary/aromatic N) is 1. The van der Waals surface area contributed by atoms with Gasteiger partial charge in [0, 0.05) is 11.9 Å². The van der Waals surface area contributed by atoms with E-state index in [9.17, 15) is 0 Å². The van der Waals surface area contributed by atoms with Crippen molar-refractivity contribution in [3.63, 3.8) is 0 Å². The van der Waals surface area contributed by atoms with Crippen LogP contribution in [0.1, 0.15) is 25.0 Å². The van der Waals surface area contributed by atoms with Crippen LogP contribution in [0.2, 0.25) is 5.02 Å². The molecule has 0 aliphatic heterocycles. The van der Waals surface area contributed by atoms with Gasteiger partial charge in [0.2, 0.25) is 0 Å². The highest BCUT2D eigenvalue weighted by Crippen LogP contribution is 2.25. The second-order valence-corrected chi connectivity index (χ2v) is 4.58. The lowest BCUT2D eigenvalue weighted by atomic mass is 10.0. The molecule has 0 fully saturated rings. The van der Waals surface area contributed by atoms with Crippen LogP contribution in [-0.4, -0.2) is 4.98 Å². The number of aromatic nitrogens is 1. The van der Waals surface area contributed by atoms with Crippen LogP contribution in [0, 0.1) is 0 Å². The van der Waals surface area contributed by atoms with Crippen LogP contribution >= 0.6 is 11.6 Å². The van der Waals surface area contributed by atoms with E-state index in [1.807, 2.05) is 12.1 Å². The predicted molar refractivity (Wildman–Crippen MR) is 77.7 cm³/mol. The van der Waals surface area contributed by atoms with E-state index >= 15 is 0 Å². The van der Waals surface area contributed by atoms with Gasteiger partial charge in [-0.1, -0.05) is 43.6 Å². The van der Waals surface area contributed by atoms with Crippen LogP contribution in [0.4, 0.5) is 11.5 Å². The molecule has 0 unspecified atom stereocenters. The molecule has 3 heteroatoms. The van der Waals surface area contributed by atoms with E-state index in [4.69, 9.17) is 11.6 Å². The first-order chi connectivity index (χ1) is 8.74. The van der Waals surface area contributed by atoms with Gasteiger partial charge in [0.05, 0.1) is 5.02 Å². The Labute approximate surface area is 113 Å². The van der Waals surface area contributed by atoms with E-state index in [0.29, 0.717) is 5.02 Å². The Bertz CT molecular complexity index is 498. The maximum atomic E-state index is 5.84. The van der Waals surface area contributed by atoms with E-state index in [1.54, 1.807) is 6.20 Å². The summed E-state index contributed by atoms with van der Waals surface area (Å²) in [6.45, 7) is 4.32. The first-order valence-corrected chi connectivity index (χ1v) is 6.61. The molecule has 1 heterocycles. The van der Waals surface area contributed by atoms with Crippen molar-refractivity contribution in [2.45, 2.75) is 26.7 Å².